The number of aromatic nitrogens is 2. The second kappa shape index (κ2) is 21.5. The second-order valence-corrected chi connectivity index (χ2v) is 11.1. The summed E-state index contributed by atoms with van der Waals surface area (Å²) < 4.78 is 5.07. The average molecular weight is 496 g/mol. The van der Waals surface area contributed by atoms with Gasteiger partial charge in [-0.25, -0.2) is 9.13 Å². The summed E-state index contributed by atoms with van der Waals surface area (Å²) in [6.45, 7) is 6.79. The highest BCUT2D eigenvalue weighted by Crippen LogP contribution is 2.14. The maximum Gasteiger partial charge on any atom is 0.256 e. The summed E-state index contributed by atoms with van der Waals surface area (Å²) >= 11 is 0. The molecule has 0 aliphatic carbocycles. The summed E-state index contributed by atoms with van der Waals surface area (Å²) in [5.74, 6) is 1.53. The van der Waals surface area contributed by atoms with Crippen molar-refractivity contribution in [1.29, 1.82) is 0 Å². The Balaban J connectivity index is 1.63. The summed E-state index contributed by atoms with van der Waals surface area (Å²) in [6.07, 6.45) is 34.1. The predicted molar refractivity (Wildman–Crippen MR) is 158 cm³/mol. The van der Waals surface area contributed by atoms with Crippen LogP contribution in [0.4, 0.5) is 0 Å². The van der Waals surface area contributed by atoms with Crippen LogP contribution in [0.25, 0.3) is 0 Å². The Labute approximate surface area is 224 Å². The molecule has 0 aliphatic heterocycles. The Morgan fingerprint density at radius 3 is 1.56 bits per heavy atom. The molecular formula is C34H59N2+. The van der Waals surface area contributed by atoms with Crippen LogP contribution < -0.4 is 4.57 Å². The van der Waals surface area contributed by atoms with Gasteiger partial charge in [-0.1, -0.05) is 153 Å². The molecule has 0 unspecified atom stereocenters. The zero-order valence-electron chi connectivity index (χ0n) is 24.2. The number of unbranched alkanes of at least 4 members (excludes halogenated alkanes) is 18. The quantitative estimate of drug-likeness (QED) is 0.101. The maximum absolute atomic E-state index is 2.56. The molecule has 1 aromatic heterocycles. The fourth-order valence-corrected chi connectivity index (χ4v) is 5.45. The number of hydrogen-bond donors (Lipinski definition) is 0. The van der Waals surface area contributed by atoms with Gasteiger partial charge in [0.2, 0.25) is 0 Å². The van der Waals surface area contributed by atoms with E-state index in [-0.39, 0.29) is 0 Å². The van der Waals surface area contributed by atoms with Crippen molar-refractivity contribution in [3.8, 4) is 0 Å². The summed E-state index contributed by atoms with van der Waals surface area (Å²) in [4.78, 5) is 0. The lowest BCUT2D eigenvalue weighted by atomic mass is 10.0. The number of imidazole rings is 1. The van der Waals surface area contributed by atoms with Gasteiger partial charge < -0.3 is 0 Å². The Morgan fingerprint density at radius 2 is 1.03 bits per heavy atom. The summed E-state index contributed by atoms with van der Waals surface area (Å²) in [7, 11) is 0. The van der Waals surface area contributed by atoms with Crippen molar-refractivity contribution in [3.05, 3.63) is 54.1 Å². The molecule has 0 atom stereocenters. The van der Waals surface area contributed by atoms with Gasteiger partial charge in [0.15, 0.2) is 0 Å². The third kappa shape index (κ3) is 14.2. The van der Waals surface area contributed by atoms with Gasteiger partial charge in [0.1, 0.15) is 18.9 Å². The minimum Gasteiger partial charge on any atom is -0.234 e. The van der Waals surface area contributed by atoms with Crippen LogP contribution >= 0.6 is 0 Å². The molecule has 1 aromatic carbocycles. The Morgan fingerprint density at radius 1 is 0.556 bits per heavy atom. The van der Waals surface area contributed by atoms with Crippen LogP contribution in [0.3, 0.4) is 0 Å². The van der Waals surface area contributed by atoms with E-state index in [1.807, 2.05) is 0 Å². The molecule has 36 heavy (non-hydrogen) atoms. The van der Waals surface area contributed by atoms with E-state index in [9.17, 15) is 0 Å². The van der Waals surface area contributed by atoms with E-state index >= 15 is 0 Å². The average Bonchev–Trinajstić information content (AvgIpc) is 3.27. The minimum atomic E-state index is 0.998. The molecule has 1 heterocycles. The Hall–Kier alpha value is -1.57. The molecule has 2 aromatic rings. The Bertz CT molecular complexity index is 733. The molecule has 0 N–H and O–H groups in total. The maximum atomic E-state index is 2.56. The molecule has 0 saturated carbocycles. The SMILES string of the molecule is CCCCCCCCCCCCCCCCn1cc[n+](Cc2ccccc2)c1CCCCCCCC. The molecule has 204 valence electrons. The van der Waals surface area contributed by atoms with Crippen LogP contribution in [0.1, 0.15) is 154 Å². The number of rotatable bonds is 24. The first kappa shape index (κ1) is 30.7. The number of hydrogen-bond acceptors (Lipinski definition) is 0. The normalized spacial score (nSPS) is 11.4. The molecule has 2 heteroatoms. The summed E-state index contributed by atoms with van der Waals surface area (Å²) in [5, 5.41) is 0. The molecule has 0 saturated heterocycles. The number of aryl methyl sites for hydroxylation is 1. The fraction of sp³-hybridized carbons (Fsp3) is 0.735. The van der Waals surface area contributed by atoms with Crippen LogP contribution in [-0.4, -0.2) is 4.57 Å². The van der Waals surface area contributed by atoms with Gasteiger partial charge in [-0.05, 0) is 24.8 Å². The lowest BCUT2D eigenvalue weighted by Crippen LogP contribution is -2.37. The van der Waals surface area contributed by atoms with Crippen LogP contribution in [-0.2, 0) is 19.5 Å². The highest BCUT2D eigenvalue weighted by Gasteiger charge is 2.17. The van der Waals surface area contributed by atoms with Gasteiger partial charge in [-0.15, -0.1) is 0 Å². The van der Waals surface area contributed by atoms with E-state index in [0.717, 1.165) is 6.54 Å². The topological polar surface area (TPSA) is 8.81 Å². The third-order valence-electron chi connectivity index (χ3n) is 7.79. The van der Waals surface area contributed by atoms with E-state index in [4.69, 9.17) is 0 Å². The monoisotopic (exact) mass is 495 g/mol. The molecule has 2 rings (SSSR count). The third-order valence-corrected chi connectivity index (χ3v) is 7.79. The zero-order valence-corrected chi connectivity index (χ0v) is 24.2. The van der Waals surface area contributed by atoms with Gasteiger partial charge in [0.25, 0.3) is 5.82 Å². The van der Waals surface area contributed by atoms with Crippen molar-refractivity contribution in [2.75, 3.05) is 0 Å². The highest BCUT2D eigenvalue weighted by atomic mass is 15.1. The van der Waals surface area contributed by atoms with Gasteiger partial charge in [0, 0.05) is 6.42 Å². The van der Waals surface area contributed by atoms with E-state index in [1.54, 1.807) is 0 Å². The van der Waals surface area contributed by atoms with Crippen molar-refractivity contribution in [2.45, 2.75) is 162 Å². The molecule has 0 aliphatic rings. The van der Waals surface area contributed by atoms with Gasteiger partial charge in [0.05, 0.1) is 6.54 Å². The van der Waals surface area contributed by atoms with E-state index < -0.39 is 0 Å². The number of benzene rings is 1. The van der Waals surface area contributed by atoms with Gasteiger partial charge in [-0.3, -0.25) is 0 Å². The first-order chi connectivity index (χ1) is 17.8. The summed E-state index contributed by atoms with van der Waals surface area (Å²) in [5.41, 5.74) is 1.40. The highest BCUT2D eigenvalue weighted by molar-refractivity contribution is 5.13. The van der Waals surface area contributed by atoms with Crippen LogP contribution in [0.5, 0.6) is 0 Å². The largest absolute Gasteiger partial charge is 0.256 e. The molecule has 2 nitrogen and oxygen atoms in total. The van der Waals surface area contributed by atoms with Crippen molar-refractivity contribution < 1.29 is 4.57 Å². The lowest BCUT2D eigenvalue weighted by molar-refractivity contribution is -0.695. The standard InChI is InChI=1S/C34H59N2/c1-3-5-7-9-11-12-13-14-15-16-17-18-20-25-29-35-30-31-36(32-33-26-22-21-23-27-33)34(35)28-24-19-10-8-6-4-2/h21-23,26-27,30-31H,3-20,24-25,28-29,32H2,1-2H3/q+1. The van der Waals surface area contributed by atoms with E-state index in [1.165, 1.54) is 153 Å². The lowest BCUT2D eigenvalue weighted by Gasteiger charge is -2.07. The van der Waals surface area contributed by atoms with Crippen molar-refractivity contribution in [3.63, 3.8) is 0 Å². The first-order valence-corrected chi connectivity index (χ1v) is 16.0. The molecule has 0 radical (unpaired) electrons. The van der Waals surface area contributed by atoms with E-state index in [2.05, 4.69) is 65.7 Å². The van der Waals surface area contributed by atoms with Crippen LogP contribution in [0.15, 0.2) is 42.7 Å². The Kier molecular flexibility index (Phi) is 18.3. The molecule has 0 spiro atoms. The van der Waals surface area contributed by atoms with Crippen molar-refractivity contribution in [1.82, 2.24) is 4.57 Å². The summed E-state index contributed by atoms with van der Waals surface area (Å²) in [6, 6.07) is 11.0. The predicted octanol–water partition coefficient (Wildman–Crippen LogP) is 10.2. The zero-order chi connectivity index (χ0) is 25.5. The molecular weight excluding hydrogens is 436 g/mol. The van der Waals surface area contributed by atoms with Gasteiger partial charge in [-0.2, -0.15) is 0 Å². The molecule has 0 fully saturated rings. The second-order valence-electron chi connectivity index (χ2n) is 11.1. The fourth-order valence-electron chi connectivity index (χ4n) is 5.45. The molecule has 0 amide bonds. The first-order valence-electron chi connectivity index (χ1n) is 16.0. The van der Waals surface area contributed by atoms with Crippen molar-refractivity contribution >= 4 is 0 Å². The van der Waals surface area contributed by atoms with Crippen LogP contribution in [0.2, 0.25) is 0 Å². The van der Waals surface area contributed by atoms with Crippen molar-refractivity contribution in [2.24, 2.45) is 0 Å². The minimum absolute atomic E-state index is 0.998. The molecule has 0 bridgehead atoms. The smallest absolute Gasteiger partial charge is 0.234 e. The number of nitrogens with zero attached hydrogens (tertiary/aromatic N) is 2. The van der Waals surface area contributed by atoms with Crippen LogP contribution in [0, 0.1) is 0 Å². The van der Waals surface area contributed by atoms with Gasteiger partial charge >= 0.3 is 0 Å². The van der Waals surface area contributed by atoms with E-state index in [0.29, 0.717) is 0 Å².